The first-order valence-electron chi connectivity index (χ1n) is 24.6. The van der Waals surface area contributed by atoms with Crippen molar-refractivity contribution in [2.24, 2.45) is 0 Å². The number of carboxylic acid groups (broad SMARTS) is 1. The van der Waals surface area contributed by atoms with Crippen molar-refractivity contribution in [3.8, 4) is 0 Å². The van der Waals surface area contributed by atoms with Gasteiger partial charge in [0.2, 0.25) is 0 Å². The van der Waals surface area contributed by atoms with Crippen LogP contribution in [0.2, 0.25) is 0 Å². The minimum atomic E-state index is -1.63. The second-order valence-electron chi connectivity index (χ2n) is 17.4. The number of hydrogen-bond donors (Lipinski definition) is 0. The topological polar surface area (TPSA) is 111 Å². The maximum Gasteiger partial charge on any atom is 0.306 e. The van der Waals surface area contributed by atoms with E-state index in [4.69, 9.17) is 18.9 Å². The highest BCUT2D eigenvalue weighted by Crippen LogP contribution is 2.13. The Kier molecular flexibility index (Phi) is 42.0. The van der Waals surface area contributed by atoms with Crippen molar-refractivity contribution in [3.63, 3.8) is 0 Å². The number of quaternary nitrogens is 1. The zero-order valence-electron chi connectivity index (χ0n) is 40.2. The molecule has 2 unspecified atom stereocenters. The normalized spacial score (nSPS) is 13.5. The highest BCUT2D eigenvalue weighted by molar-refractivity contribution is 5.70. The van der Waals surface area contributed by atoms with Crippen LogP contribution in [0, 0.1) is 0 Å². The van der Waals surface area contributed by atoms with Crippen molar-refractivity contribution in [1.82, 2.24) is 0 Å². The Morgan fingerprint density at radius 1 is 0.500 bits per heavy atom. The maximum atomic E-state index is 12.8. The zero-order chi connectivity index (χ0) is 45.6. The summed E-state index contributed by atoms with van der Waals surface area (Å²) in [4.78, 5) is 37.1. The van der Waals surface area contributed by atoms with Crippen LogP contribution in [-0.2, 0) is 33.3 Å². The van der Waals surface area contributed by atoms with E-state index in [0.717, 1.165) is 96.3 Å². The van der Waals surface area contributed by atoms with Gasteiger partial charge in [0.05, 0.1) is 40.3 Å². The molecule has 0 amide bonds. The Balaban J connectivity index is 4.40. The Hall–Kier alpha value is -3.27. The van der Waals surface area contributed by atoms with E-state index in [1.165, 1.54) is 57.8 Å². The molecule has 0 spiro atoms. The number of rotatable bonds is 44. The number of allylic oxidation sites excluding steroid dienone is 12. The fourth-order valence-electron chi connectivity index (χ4n) is 6.38. The summed E-state index contributed by atoms with van der Waals surface area (Å²) in [7, 11) is 5.90. The molecule has 0 aliphatic heterocycles. The molecule has 0 heterocycles. The molecule has 9 heteroatoms. The lowest BCUT2D eigenvalue weighted by molar-refractivity contribution is -0.870. The van der Waals surface area contributed by atoms with Crippen LogP contribution in [0.5, 0.6) is 0 Å². The Morgan fingerprint density at radius 2 is 0.919 bits per heavy atom. The lowest BCUT2D eigenvalue weighted by Gasteiger charge is -2.26. The van der Waals surface area contributed by atoms with Crippen molar-refractivity contribution in [2.45, 2.75) is 200 Å². The van der Waals surface area contributed by atoms with Gasteiger partial charge in [-0.3, -0.25) is 9.59 Å². The largest absolute Gasteiger partial charge is 0.545 e. The third-order valence-electron chi connectivity index (χ3n) is 10.2. The first-order chi connectivity index (χ1) is 30.1. The first-order valence-corrected chi connectivity index (χ1v) is 24.6. The average molecular weight is 870 g/mol. The van der Waals surface area contributed by atoms with Crippen LogP contribution in [-0.4, -0.2) is 82.3 Å². The lowest BCUT2D eigenvalue weighted by atomic mass is 10.1. The highest BCUT2D eigenvalue weighted by atomic mass is 16.7. The summed E-state index contributed by atoms with van der Waals surface area (Å²) in [6.07, 6.45) is 52.1. The molecule has 0 aliphatic carbocycles. The predicted octanol–water partition coefficient (Wildman–Crippen LogP) is 12.2. The third kappa shape index (κ3) is 44.8. The molecule has 0 saturated heterocycles. The number of hydrogen-bond acceptors (Lipinski definition) is 8. The van der Waals surface area contributed by atoms with Gasteiger partial charge in [-0.1, -0.05) is 164 Å². The maximum absolute atomic E-state index is 12.8. The molecular formula is C53H91NO8. The summed E-state index contributed by atoms with van der Waals surface area (Å²) in [5.74, 6) is -2.32. The Labute approximate surface area is 379 Å². The van der Waals surface area contributed by atoms with E-state index in [-0.39, 0.29) is 38.6 Å². The molecule has 0 radical (unpaired) electrons. The van der Waals surface area contributed by atoms with Crippen molar-refractivity contribution in [3.05, 3.63) is 72.9 Å². The van der Waals surface area contributed by atoms with Crippen molar-refractivity contribution < 1.29 is 42.9 Å². The van der Waals surface area contributed by atoms with Crippen molar-refractivity contribution >= 4 is 17.9 Å². The fourth-order valence-corrected chi connectivity index (χ4v) is 6.38. The lowest BCUT2D eigenvalue weighted by Crippen LogP contribution is -2.44. The Morgan fingerprint density at radius 3 is 1.39 bits per heavy atom. The van der Waals surface area contributed by atoms with E-state index in [9.17, 15) is 19.5 Å². The van der Waals surface area contributed by atoms with Crippen LogP contribution in [0.1, 0.15) is 187 Å². The second-order valence-corrected chi connectivity index (χ2v) is 17.4. The van der Waals surface area contributed by atoms with Crippen LogP contribution >= 0.6 is 0 Å². The number of esters is 2. The molecule has 356 valence electrons. The highest BCUT2D eigenvalue weighted by Gasteiger charge is 2.21. The van der Waals surface area contributed by atoms with Gasteiger partial charge in [-0.05, 0) is 83.5 Å². The molecule has 0 aromatic heterocycles. The summed E-state index contributed by atoms with van der Waals surface area (Å²) in [6, 6.07) is 0. The number of nitrogens with zero attached hydrogens (tertiary/aromatic N) is 1. The van der Waals surface area contributed by atoms with E-state index >= 15 is 0 Å². The van der Waals surface area contributed by atoms with Gasteiger partial charge in [0.15, 0.2) is 12.4 Å². The molecule has 0 N–H and O–H groups in total. The first kappa shape index (κ1) is 58.7. The molecule has 62 heavy (non-hydrogen) atoms. The number of aliphatic carboxylic acids is 1. The van der Waals surface area contributed by atoms with Crippen molar-refractivity contribution in [2.75, 3.05) is 47.5 Å². The summed E-state index contributed by atoms with van der Waals surface area (Å²) in [5, 5.41) is 11.7. The standard InChI is InChI=1S/C53H91NO8/c1-6-8-10-12-14-16-18-20-22-23-24-25-26-27-28-29-30-32-34-36-38-40-42-44-51(56)62-49(48-61-53(52(57)58)59-46-45-54(3,4)5)47-60-50(55)43-41-39-37-35-33-31-21-19-17-15-13-11-9-7-2/h8,10,14,16,19-22,24-25,27-28,49,53H,6-7,9,11-13,15,17-18,23,26,29-48H2,1-5H3/b10-8-,16-14-,21-19-,22-20-,25-24-,28-27-. The smallest absolute Gasteiger partial charge is 0.306 e. The predicted molar refractivity (Wildman–Crippen MR) is 255 cm³/mol. The van der Waals surface area contributed by atoms with Gasteiger partial charge in [-0.25, -0.2) is 0 Å². The molecule has 0 saturated carbocycles. The van der Waals surface area contributed by atoms with Gasteiger partial charge in [-0.2, -0.15) is 0 Å². The molecular weight excluding hydrogens is 779 g/mol. The molecule has 2 atom stereocenters. The number of carbonyl (C=O) groups is 3. The molecule has 0 rings (SSSR count). The van der Waals surface area contributed by atoms with E-state index in [0.29, 0.717) is 17.4 Å². The Bertz CT molecular complexity index is 1240. The molecule has 0 aromatic carbocycles. The molecule has 0 aliphatic rings. The second kappa shape index (κ2) is 44.3. The molecule has 0 fully saturated rings. The van der Waals surface area contributed by atoms with Crippen LogP contribution in [0.4, 0.5) is 0 Å². The molecule has 0 bridgehead atoms. The van der Waals surface area contributed by atoms with Crippen LogP contribution in [0.3, 0.4) is 0 Å². The molecule has 9 nitrogen and oxygen atoms in total. The quantitative estimate of drug-likeness (QED) is 0.0196. The number of carboxylic acids is 1. The number of ether oxygens (including phenoxy) is 4. The van der Waals surface area contributed by atoms with Crippen molar-refractivity contribution in [1.29, 1.82) is 0 Å². The van der Waals surface area contributed by atoms with Crippen LogP contribution < -0.4 is 5.11 Å². The van der Waals surface area contributed by atoms with E-state index in [1.54, 1.807) is 0 Å². The summed E-state index contributed by atoms with van der Waals surface area (Å²) in [6.45, 7) is 4.58. The van der Waals surface area contributed by atoms with Gasteiger partial charge in [-0.15, -0.1) is 0 Å². The minimum absolute atomic E-state index is 0.141. The summed E-state index contributed by atoms with van der Waals surface area (Å²) < 4.78 is 22.6. The van der Waals surface area contributed by atoms with Gasteiger partial charge in [0.1, 0.15) is 13.2 Å². The van der Waals surface area contributed by atoms with E-state index in [1.807, 2.05) is 21.1 Å². The summed E-state index contributed by atoms with van der Waals surface area (Å²) >= 11 is 0. The number of likely N-dealkylation sites (N-methyl/N-ethyl adjacent to an activating group) is 1. The number of unbranched alkanes of at least 4 members (excludes halogenated alkanes) is 17. The summed E-state index contributed by atoms with van der Waals surface area (Å²) in [5.41, 5.74) is 0. The van der Waals surface area contributed by atoms with Crippen LogP contribution in [0.15, 0.2) is 72.9 Å². The fraction of sp³-hybridized carbons (Fsp3) is 0.717. The van der Waals surface area contributed by atoms with Gasteiger partial charge in [0.25, 0.3) is 0 Å². The number of carbonyl (C=O) groups excluding carboxylic acids is 3. The SMILES string of the molecule is CC/C=C\C/C=C\C/C=C\C/C=C\C/C=C\CCCCCCCCCC(=O)OC(COC(=O)CCCCCCC/C=C\CCCCCCC)COC(OCC[N+](C)(C)C)C(=O)[O-]. The van der Waals surface area contributed by atoms with Gasteiger partial charge >= 0.3 is 11.9 Å². The molecule has 0 aromatic rings. The van der Waals surface area contributed by atoms with E-state index < -0.39 is 24.3 Å². The zero-order valence-corrected chi connectivity index (χ0v) is 40.2. The van der Waals surface area contributed by atoms with E-state index in [2.05, 4.69) is 86.8 Å². The third-order valence-corrected chi connectivity index (χ3v) is 10.2. The van der Waals surface area contributed by atoms with Gasteiger partial charge in [0, 0.05) is 12.8 Å². The average Bonchev–Trinajstić information content (AvgIpc) is 3.23. The van der Waals surface area contributed by atoms with Crippen LogP contribution in [0.25, 0.3) is 0 Å². The monoisotopic (exact) mass is 870 g/mol. The van der Waals surface area contributed by atoms with Gasteiger partial charge < -0.3 is 33.3 Å². The minimum Gasteiger partial charge on any atom is -0.545 e.